The molecule has 0 aliphatic carbocycles. The molecular formula is C40H70N12O18. The summed E-state index contributed by atoms with van der Waals surface area (Å²) in [6.45, 7) is 7.49. The van der Waals surface area contributed by atoms with Gasteiger partial charge in [-0.25, -0.2) is 0 Å². The highest BCUT2D eigenvalue weighted by molar-refractivity contribution is 5.98. The van der Waals surface area contributed by atoms with Crippen LogP contribution in [-0.4, -0.2) is 207 Å². The second kappa shape index (κ2) is 30.8. The van der Waals surface area contributed by atoms with Gasteiger partial charge < -0.3 is 94.9 Å². The number of aliphatic hydroxyl groups is 5. The number of hydrogen-bond donors (Lipinski definition) is 18. The van der Waals surface area contributed by atoms with Gasteiger partial charge in [-0.3, -0.25) is 57.5 Å². The Balaban J connectivity index is 5.52. The van der Waals surface area contributed by atoms with Gasteiger partial charge in [-0.15, -0.1) is 0 Å². The van der Waals surface area contributed by atoms with Gasteiger partial charge in [-0.1, -0.05) is 27.7 Å². The summed E-state index contributed by atoms with van der Waals surface area (Å²) in [5, 5.41) is 82.6. The fourth-order valence-electron chi connectivity index (χ4n) is 5.57. The SMILES string of the molecule is CC(C)[C@H](NC(=O)[C@H](C)NC(=O)[C@H](C)NC(=O)[C@H](CO)NC(=O)[C@@H](NC(=O)[C@H](CO)NC(=O)[C@H](CO)NC(=O)CNC(=O)[C@@H](NC(=O)[C@H](C)NC(=O)[C@@H](N)[C@@H](C)O)C(C)C)[C@@H](C)O)C(=O)NCC(=O)O. The molecule has 30 heteroatoms. The highest BCUT2D eigenvalue weighted by Gasteiger charge is 2.35. The van der Waals surface area contributed by atoms with E-state index in [9.17, 15) is 83.1 Å². The Hall–Kier alpha value is -6.60. The average Bonchev–Trinajstić information content (AvgIpc) is 3.28. The molecule has 0 saturated carbocycles. The summed E-state index contributed by atoms with van der Waals surface area (Å²) in [7, 11) is 0. The molecule has 0 heterocycles. The number of nitrogens with two attached hydrogens (primary N) is 1. The lowest BCUT2D eigenvalue weighted by atomic mass is 10.0. The van der Waals surface area contributed by atoms with Crippen molar-refractivity contribution in [1.82, 2.24) is 58.5 Å². The number of carbonyl (C=O) groups excluding carboxylic acids is 11. The van der Waals surface area contributed by atoms with Crippen molar-refractivity contribution in [3.05, 3.63) is 0 Å². The Labute approximate surface area is 402 Å². The molecule has 0 unspecified atom stereocenters. The minimum Gasteiger partial charge on any atom is -0.480 e. The van der Waals surface area contributed by atoms with E-state index in [2.05, 4.69) is 53.2 Å². The van der Waals surface area contributed by atoms with Crippen LogP contribution >= 0.6 is 0 Å². The lowest BCUT2D eigenvalue weighted by Gasteiger charge is -2.27. The molecule has 0 aliphatic heterocycles. The van der Waals surface area contributed by atoms with E-state index in [-0.39, 0.29) is 0 Å². The molecule has 12 atom stereocenters. The molecule has 0 aliphatic rings. The lowest BCUT2D eigenvalue weighted by molar-refractivity contribution is -0.139. The van der Waals surface area contributed by atoms with Gasteiger partial charge in [0.1, 0.15) is 67.0 Å². The monoisotopic (exact) mass is 1010 g/mol. The van der Waals surface area contributed by atoms with Crippen molar-refractivity contribution in [2.75, 3.05) is 32.9 Å². The Morgan fingerprint density at radius 2 is 0.714 bits per heavy atom. The van der Waals surface area contributed by atoms with Crippen molar-refractivity contribution in [3.63, 3.8) is 0 Å². The molecule has 398 valence electrons. The van der Waals surface area contributed by atoms with Crippen LogP contribution in [0.3, 0.4) is 0 Å². The second-order valence-corrected chi connectivity index (χ2v) is 16.8. The highest BCUT2D eigenvalue weighted by Crippen LogP contribution is 2.05. The predicted octanol–water partition coefficient (Wildman–Crippen LogP) is -9.90. The fourth-order valence-corrected chi connectivity index (χ4v) is 5.57. The van der Waals surface area contributed by atoms with Gasteiger partial charge in [0.15, 0.2) is 0 Å². The van der Waals surface area contributed by atoms with Crippen LogP contribution in [0.2, 0.25) is 0 Å². The second-order valence-electron chi connectivity index (χ2n) is 16.8. The molecule has 0 aromatic carbocycles. The zero-order valence-electron chi connectivity index (χ0n) is 40.3. The summed E-state index contributed by atoms with van der Waals surface area (Å²) in [5.41, 5.74) is 5.56. The molecule has 30 nitrogen and oxygen atoms in total. The topological polar surface area (TPSA) is 485 Å². The van der Waals surface area contributed by atoms with Crippen molar-refractivity contribution >= 4 is 70.9 Å². The fraction of sp³-hybridized carbons (Fsp3) is 0.700. The van der Waals surface area contributed by atoms with Crippen molar-refractivity contribution in [2.24, 2.45) is 17.6 Å². The number of rotatable bonds is 30. The summed E-state index contributed by atoms with van der Waals surface area (Å²) < 4.78 is 0. The summed E-state index contributed by atoms with van der Waals surface area (Å²) in [4.78, 5) is 152. The van der Waals surface area contributed by atoms with Crippen molar-refractivity contribution in [3.8, 4) is 0 Å². The molecule has 11 amide bonds. The van der Waals surface area contributed by atoms with Crippen LogP contribution in [0.25, 0.3) is 0 Å². The van der Waals surface area contributed by atoms with Crippen LogP contribution in [0, 0.1) is 11.8 Å². The van der Waals surface area contributed by atoms with Gasteiger partial charge in [0.2, 0.25) is 65.0 Å². The maximum absolute atomic E-state index is 13.2. The molecule has 0 rings (SSSR count). The van der Waals surface area contributed by atoms with E-state index in [0.29, 0.717) is 0 Å². The Morgan fingerprint density at radius 3 is 1.10 bits per heavy atom. The van der Waals surface area contributed by atoms with E-state index in [0.717, 1.165) is 6.92 Å². The third-order valence-corrected chi connectivity index (χ3v) is 9.94. The number of carboxylic acid groups (broad SMARTS) is 1. The van der Waals surface area contributed by atoms with Crippen LogP contribution in [0.4, 0.5) is 0 Å². The number of nitrogens with one attached hydrogen (secondary N) is 11. The molecule has 0 fully saturated rings. The van der Waals surface area contributed by atoms with Crippen LogP contribution in [0.1, 0.15) is 62.3 Å². The van der Waals surface area contributed by atoms with Gasteiger partial charge in [0.25, 0.3) is 0 Å². The number of aliphatic hydroxyl groups excluding tert-OH is 5. The average molecular weight is 1010 g/mol. The van der Waals surface area contributed by atoms with E-state index >= 15 is 0 Å². The minimum absolute atomic E-state index is 0.495. The summed E-state index contributed by atoms with van der Waals surface area (Å²) in [6, 6.07) is -15.1. The molecule has 70 heavy (non-hydrogen) atoms. The minimum atomic E-state index is -1.92. The first-order valence-electron chi connectivity index (χ1n) is 21.9. The Morgan fingerprint density at radius 1 is 0.386 bits per heavy atom. The maximum Gasteiger partial charge on any atom is 0.322 e. The molecule has 0 aromatic heterocycles. The zero-order valence-corrected chi connectivity index (χ0v) is 40.3. The first-order valence-corrected chi connectivity index (χ1v) is 21.9. The van der Waals surface area contributed by atoms with E-state index in [1.165, 1.54) is 27.7 Å². The molecular weight excluding hydrogens is 937 g/mol. The normalized spacial score (nSPS) is 16.2. The van der Waals surface area contributed by atoms with E-state index in [1.807, 2.05) is 5.32 Å². The van der Waals surface area contributed by atoms with E-state index in [4.69, 9.17) is 10.8 Å². The van der Waals surface area contributed by atoms with Crippen LogP contribution in [0.15, 0.2) is 0 Å². The highest BCUT2D eigenvalue weighted by atomic mass is 16.4. The maximum atomic E-state index is 13.2. The Bertz CT molecular complexity index is 1870. The van der Waals surface area contributed by atoms with Crippen LogP contribution in [-0.2, 0) is 57.5 Å². The standard InChI is InChI=1S/C40H70N12O18/c1-15(2)28(50-33(63)19(7)46-37(67)27(41)20(8)56)38(68)42-10-25(58)47-22(12-53)35(65)48-24(14-55)36(66)52-30(21(9)57)40(70)49-23(13-54)34(64)45-17(5)31(61)44-18(6)32(62)51-29(16(3)4)39(69)43-11-26(59)60/h15-24,27-30,53-57H,10-14,41H2,1-9H3,(H,42,68)(H,43,69)(H,44,61)(H,45,64)(H,46,67)(H,47,58)(H,48,65)(H,49,70)(H,50,63)(H,51,62)(H,52,66)(H,59,60)/t17-,18-,19-,20+,21+,22-,23-,24-,27-,28-,29-,30-/m0/s1. The van der Waals surface area contributed by atoms with Crippen molar-refractivity contribution in [1.29, 1.82) is 0 Å². The van der Waals surface area contributed by atoms with Crippen molar-refractivity contribution < 1.29 is 88.2 Å². The number of carbonyl (C=O) groups is 12. The number of hydrogen-bond acceptors (Lipinski definition) is 18. The first-order chi connectivity index (χ1) is 32.4. The van der Waals surface area contributed by atoms with Gasteiger partial charge >= 0.3 is 5.97 Å². The van der Waals surface area contributed by atoms with Gasteiger partial charge in [0.05, 0.1) is 38.6 Å². The predicted molar refractivity (Wildman–Crippen MR) is 240 cm³/mol. The lowest BCUT2D eigenvalue weighted by Crippen LogP contribution is -2.62. The van der Waals surface area contributed by atoms with Gasteiger partial charge in [0, 0.05) is 0 Å². The molecule has 0 radical (unpaired) electrons. The van der Waals surface area contributed by atoms with Gasteiger partial charge in [-0.05, 0) is 46.5 Å². The molecule has 0 saturated heterocycles. The summed E-state index contributed by atoms with van der Waals surface area (Å²) >= 11 is 0. The van der Waals surface area contributed by atoms with Crippen molar-refractivity contribution in [2.45, 2.75) is 135 Å². The molecule has 0 bridgehead atoms. The van der Waals surface area contributed by atoms with Crippen LogP contribution in [0.5, 0.6) is 0 Å². The third kappa shape index (κ3) is 21.8. The Kier molecular flexibility index (Phi) is 27.9. The molecule has 0 spiro atoms. The smallest absolute Gasteiger partial charge is 0.322 e. The summed E-state index contributed by atoms with van der Waals surface area (Å²) in [5.74, 6) is -13.5. The quantitative estimate of drug-likeness (QED) is 0.0318. The van der Waals surface area contributed by atoms with Gasteiger partial charge in [-0.2, -0.15) is 0 Å². The largest absolute Gasteiger partial charge is 0.480 e. The number of amides is 11. The molecule has 19 N–H and O–H groups in total. The van der Waals surface area contributed by atoms with E-state index < -0.39 is 188 Å². The van der Waals surface area contributed by atoms with Crippen LogP contribution < -0.4 is 64.2 Å². The third-order valence-electron chi connectivity index (χ3n) is 9.94. The molecule has 0 aromatic rings. The zero-order chi connectivity index (χ0) is 54.3. The first kappa shape index (κ1) is 63.4. The van der Waals surface area contributed by atoms with E-state index in [1.54, 1.807) is 27.7 Å². The summed E-state index contributed by atoms with van der Waals surface area (Å²) in [6.07, 6.45) is -2.95. The number of aliphatic carboxylic acids is 1. The number of carboxylic acids is 1.